The Bertz CT molecular complexity index is 554. The summed E-state index contributed by atoms with van der Waals surface area (Å²) in [5.41, 5.74) is 1.73. The average molecular weight is 275 g/mol. The molecular formula is C17H19F2N. The number of hydrogen-bond acceptors (Lipinski definition) is 1. The zero-order chi connectivity index (χ0) is 14.5. The fraction of sp³-hybridized carbons (Fsp3) is 0.294. The van der Waals surface area contributed by atoms with Crippen molar-refractivity contribution in [3.05, 3.63) is 71.3 Å². The van der Waals surface area contributed by atoms with Crippen molar-refractivity contribution in [1.82, 2.24) is 5.32 Å². The zero-order valence-corrected chi connectivity index (χ0v) is 11.7. The second-order valence-corrected chi connectivity index (χ2v) is 5.11. The number of hydrogen-bond donors (Lipinski definition) is 1. The molecule has 0 saturated heterocycles. The van der Waals surface area contributed by atoms with Crippen molar-refractivity contribution in [2.75, 3.05) is 6.54 Å². The van der Waals surface area contributed by atoms with Crippen LogP contribution in [0.1, 0.15) is 36.9 Å². The van der Waals surface area contributed by atoms with E-state index < -0.39 is 11.6 Å². The van der Waals surface area contributed by atoms with Crippen LogP contribution in [0.5, 0.6) is 0 Å². The van der Waals surface area contributed by atoms with Crippen molar-refractivity contribution in [1.29, 1.82) is 0 Å². The highest BCUT2D eigenvalue weighted by Gasteiger charge is 2.13. The monoisotopic (exact) mass is 275 g/mol. The molecule has 1 N–H and O–H groups in total. The van der Waals surface area contributed by atoms with E-state index in [4.69, 9.17) is 0 Å². The summed E-state index contributed by atoms with van der Waals surface area (Å²) in [6.07, 6.45) is 0. The Labute approximate surface area is 118 Å². The van der Waals surface area contributed by atoms with E-state index >= 15 is 0 Å². The van der Waals surface area contributed by atoms with Gasteiger partial charge in [-0.05, 0) is 24.5 Å². The minimum Gasteiger partial charge on any atom is -0.309 e. The van der Waals surface area contributed by atoms with E-state index in [1.54, 1.807) is 0 Å². The standard InChI is InChI=1S/C17H19F2N/c1-12(14-6-4-3-5-7-14)11-20-13(2)16-9-8-15(18)10-17(16)19/h3-10,12-13,20H,11H2,1-2H3. The van der Waals surface area contributed by atoms with Crippen LogP contribution in [0.25, 0.3) is 0 Å². The lowest BCUT2D eigenvalue weighted by molar-refractivity contribution is 0.501. The van der Waals surface area contributed by atoms with Gasteiger partial charge in [-0.3, -0.25) is 0 Å². The summed E-state index contributed by atoms with van der Waals surface area (Å²) in [5.74, 6) is -0.712. The van der Waals surface area contributed by atoms with Gasteiger partial charge in [0, 0.05) is 24.2 Å². The first kappa shape index (κ1) is 14.7. The Morgan fingerprint density at radius 2 is 1.70 bits per heavy atom. The summed E-state index contributed by atoms with van der Waals surface area (Å²) < 4.78 is 26.6. The molecule has 2 aromatic carbocycles. The van der Waals surface area contributed by atoms with Gasteiger partial charge in [-0.15, -0.1) is 0 Å². The molecule has 0 bridgehead atoms. The lowest BCUT2D eigenvalue weighted by atomic mass is 10.0. The number of benzene rings is 2. The molecule has 106 valence electrons. The molecule has 3 heteroatoms. The van der Waals surface area contributed by atoms with Crippen LogP contribution in [0.15, 0.2) is 48.5 Å². The Balaban J connectivity index is 1.96. The van der Waals surface area contributed by atoms with E-state index in [1.807, 2.05) is 25.1 Å². The summed E-state index contributed by atoms with van der Waals surface area (Å²) in [4.78, 5) is 0. The smallest absolute Gasteiger partial charge is 0.130 e. The Morgan fingerprint density at radius 3 is 2.35 bits per heavy atom. The molecule has 0 aliphatic carbocycles. The van der Waals surface area contributed by atoms with E-state index in [-0.39, 0.29) is 6.04 Å². The predicted octanol–water partition coefficient (Wildman–Crippen LogP) is 4.42. The SMILES string of the molecule is CC(CNC(C)c1ccc(F)cc1F)c1ccccc1. The summed E-state index contributed by atoms with van der Waals surface area (Å²) >= 11 is 0. The quantitative estimate of drug-likeness (QED) is 0.851. The van der Waals surface area contributed by atoms with Gasteiger partial charge in [-0.25, -0.2) is 8.78 Å². The minimum atomic E-state index is -0.545. The second kappa shape index (κ2) is 6.62. The third-order valence-electron chi connectivity index (χ3n) is 3.53. The normalized spacial score (nSPS) is 14.0. The molecule has 0 saturated carbocycles. The van der Waals surface area contributed by atoms with Crippen molar-refractivity contribution in [2.45, 2.75) is 25.8 Å². The first-order valence-electron chi connectivity index (χ1n) is 6.81. The average Bonchev–Trinajstić information content (AvgIpc) is 2.45. The highest BCUT2D eigenvalue weighted by molar-refractivity contribution is 5.22. The fourth-order valence-corrected chi connectivity index (χ4v) is 2.22. The van der Waals surface area contributed by atoms with Gasteiger partial charge in [0.15, 0.2) is 0 Å². The summed E-state index contributed by atoms with van der Waals surface area (Å²) in [6.45, 7) is 4.74. The van der Waals surface area contributed by atoms with Crippen LogP contribution >= 0.6 is 0 Å². The van der Waals surface area contributed by atoms with Crippen LogP contribution in [-0.4, -0.2) is 6.54 Å². The molecule has 0 amide bonds. The number of rotatable bonds is 5. The largest absolute Gasteiger partial charge is 0.309 e. The van der Waals surface area contributed by atoms with E-state index in [0.717, 1.165) is 12.6 Å². The van der Waals surface area contributed by atoms with E-state index in [9.17, 15) is 8.78 Å². The van der Waals surface area contributed by atoms with E-state index in [0.29, 0.717) is 11.5 Å². The third kappa shape index (κ3) is 3.64. The zero-order valence-electron chi connectivity index (χ0n) is 11.7. The van der Waals surface area contributed by atoms with Crippen molar-refractivity contribution < 1.29 is 8.78 Å². The maximum absolute atomic E-state index is 13.7. The van der Waals surface area contributed by atoms with Gasteiger partial charge < -0.3 is 5.32 Å². The lowest BCUT2D eigenvalue weighted by Crippen LogP contribution is -2.24. The molecule has 0 aliphatic heterocycles. The molecule has 0 fully saturated rings. The highest BCUT2D eigenvalue weighted by Crippen LogP contribution is 2.19. The van der Waals surface area contributed by atoms with Crippen molar-refractivity contribution in [3.63, 3.8) is 0 Å². The van der Waals surface area contributed by atoms with Crippen LogP contribution in [0, 0.1) is 11.6 Å². The topological polar surface area (TPSA) is 12.0 Å². The summed E-state index contributed by atoms with van der Waals surface area (Å²) in [7, 11) is 0. The van der Waals surface area contributed by atoms with Gasteiger partial charge in [0.1, 0.15) is 11.6 Å². The molecule has 2 atom stereocenters. The van der Waals surface area contributed by atoms with Gasteiger partial charge in [0.2, 0.25) is 0 Å². The minimum absolute atomic E-state index is 0.151. The molecule has 0 aliphatic rings. The van der Waals surface area contributed by atoms with E-state index in [1.165, 1.54) is 17.7 Å². The summed E-state index contributed by atoms with van der Waals surface area (Å²) in [5, 5.41) is 3.29. The Hall–Kier alpha value is -1.74. The molecule has 2 aromatic rings. The van der Waals surface area contributed by atoms with Crippen molar-refractivity contribution >= 4 is 0 Å². The van der Waals surface area contributed by atoms with E-state index in [2.05, 4.69) is 24.4 Å². The van der Waals surface area contributed by atoms with Gasteiger partial charge >= 0.3 is 0 Å². The molecule has 2 unspecified atom stereocenters. The molecule has 0 aromatic heterocycles. The van der Waals surface area contributed by atoms with Crippen LogP contribution < -0.4 is 5.32 Å². The molecule has 1 nitrogen and oxygen atoms in total. The molecule has 0 radical (unpaired) electrons. The summed E-state index contributed by atoms with van der Waals surface area (Å²) in [6, 6.07) is 13.7. The molecule has 2 rings (SSSR count). The lowest BCUT2D eigenvalue weighted by Gasteiger charge is -2.19. The Morgan fingerprint density at radius 1 is 1.00 bits per heavy atom. The van der Waals surface area contributed by atoms with Gasteiger partial charge in [-0.1, -0.05) is 43.3 Å². The van der Waals surface area contributed by atoms with Crippen LogP contribution in [-0.2, 0) is 0 Å². The first-order valence-corrected chi connectivity index (χ1v) is 6.81. The van der Waals surface area contributed by atoms with Crippen LogP contribution in [0.2, 0.25) is 0 Å². The van der Waals surface area contributed by atoms with Crippen LogP contribution in [0.3, 0.4) is 0 Å². The first-order chi connectivity index (χ1) is 9.58. The van der Waals surface area contributed by atoms with Gasteiger partial charge in [0.25, 0.3) is 0 Å². The van der Waals surface area contributed by atoms with Gasteiger partial charge in [-0.2, -0.15) is 0 Å². The maximum Gasteiger partial charge on any atom is 0.130 e. The third-order valence-corrected chi connectivity index (χ3v) is 3.53. The fourth-order valence-electron chi connectivity index (χ4n) is 2.22. The Kier molecular flexibility index (Phi) is 4.85. The maximum atomic E-state index is 13.7. The molecule has 0 spiro atoms. The van der Waals surface area contributed by atoms with Crippen LogP contribution in [0.4, 0.5) is 8.78 Å². The van der Waals surface area contributed by atoms with Gasteiger partial charge in [0.05, 0.1) is 0 Å². The molecule has 20 heavy (non-hydrogen) atoms. The highest BCUT2D eigenvalue weighted by atomic mass is 19.1. The van der Waals surface area contributed by atoms with Crippen molar-refractivity contribution in [2.24, 2.45) is 0 Å². The number of nitrogens with one attached hydrogen (secondary N) is 1. The molecular weight excluding hydrogens is 256 g/mol. The number of halogens is 2. The predicted molar refractivity (Wildman–Crippen MR) is 77.6 cm³/mol. The van der Waals surface area contributed by atoms with Crippen molar-refractivity contribution in [3.8, 4) is 0 Å². The molecule has 0 heterocycles. The second-order valence-electron chi connectivity index (χ2n) is 5.11.